The van der Waals surface area contributed by atoms with Gasteiger partial charge < -0.3 is 14.6 Å². The molecule has 0 fully saturated rings. The zero-order valence-corrected chi connectivity index (χ0v) is 13.6. The molecule has 5 nitrogen and oxygen atoms in total. The van der Waals surface area contributed by atoms with Gasteiger partial charge in [0.2, 0.25) is 0 Å². The molecule has 0 aliphatic carbocycles. The van der Waals surface area contributed by atoms with Crippen LogP contribution in [0, 0.1) is 0 Å². The molecular weight excluding hydrogens is 302 g/mol. The van der Waals surface area contributed by atoms with Crippen molar-refractivity contribution in [3.8, 4) is 0 Å². The minimum atomic E-state index is 0.0703. The number of hydrogen-bond donors (Lipinski definition) is 1. The Kier molecular flexibility index (Phi) is 3.78. The molecule has 0 saturated carbocycles. The van der Waals surface area contributed by atoms with Crippen LogP contribution in [0.1, 0.15) is 27.0 Å². The Morgan fingerprint density at radius 1 is 1.33 bits per heavy atom. The number of nitrogens with one attached hydrogen (secondary N) is 1. The van der Waals surface area contributed by atoms with Crippen molar-refractivity contribution in [2.75, 3.05) is 13.7 Å². The highest BCUT2D eigenvalue weighted by atomic mass is 16.5. The molecule has 0 atom stereocenters. The first-order valence-electron chi connectivity index (χ1n) is 8.06. The van der Waals surface area contributed by atoms with Crippen LogP contribution in [0.15, 0.2) is 42.9 Å². The molecule has 24 heavy (non-hydrogen) atoms. The summed E-state index contributed by atoms with van der Waals surface area (Å²) in [5.74, 6) is 0.0703. The van der Waals surface area contributed by atoms with E-state index in [0.29, 0.717) is 13.2 Å². The molecule has 1 aromatic carbocycles. The van der Waals surface area contributed by atoms with E-state index in [4.69, 9.17) is 4.74 Å². The summed E-state index contributed by atoms with van der Waals surface area (Å²) in [5.41, 5.74) is 5.29. The predicted molar refractivity (Wildman–Crippen MR) is 91.7 cm³/mol. The second-order valence-corrected chi connectivity index (χ2v) is 6.13. The third-order valence-corrected chi connectivity index (χ3v) is 4.62. The number of benzene rings is 1. The molecule has 122 valence electrons. The normalized spacial score (nSPS) is 14.0. The van der Waals surface area contributed by atoms with Crippen molar-refractivity contribution in [3.05, 3.63) is 65.1 Å². The molecule has 0 unspecified atom stereocenters. The summed E-state index contributed by atoms with van der Waals surface area (Å²) in [5, 5.41) is 1.06. The Morgan fingerprint density at radius 3 is 3.12 bits per heavy atom. The van der Waals surface area contributed by atoms with Gasteiger partial charge in [-0.1, -0.05) is 0 Å². The Labute approximate surface area is 140 Å². The predicted octanol–water partition coefficient (Wildman–Crippen LogP) is 2.91. The number of hydrogen-bond acceptors (Lipinski definition) is 3. The zero-order chi connectivity index (χ0) is 16.5. The van der Waals surface area contributed by atoms with Crippen molar-refractivity contribution < 1.29 is 9.53 Å². The summed E-state index contributed by atoms with van der Waals surface area (Å²) in [6.45, 7) is 1.88. The highest BCUT2D eigenvalue weighted by Gasteiger charge is 2.23. The highest BCUT2D eigenvalue weighted by molar-refractivity contribution is 5.98. The fourth-order valence-corrected chi connectivity index (χ4v) is 3.39. The van der Waals surface area contributed by atoms with Crippen LogP contribution in [-0.4, -0.2) is 34.4 Å². The molecule has 2 aromatic heterocycles. The first-order valence-corrected chi connectivity index (χ1v) is 8.06. The summed E-state index contributed by atoms with van der Waals surface area (Å²) in [4.78, 5) is 22.2. The zero-order valence-electron chi connectivity index (χ0n) is 13.6. The molecule has 0 spiro atoms. The molecule has 0 saturated heterocycles. The van der Waals surface area contributed by atoms with E-state index in [9.17, 15) is 4.79 Å². The summed E-state index contributed by atoms with van der Waals surface area (Å²) in [7, 11) is 1.69. The van der Waals surface area contributed by atoms with E-state index in [2.05, 4.69) is 9.97 Å². The molecule has 0 radical (unpaired) electrons. The number of carbonyl (C=O) groups excluding carboxylic acids is 1. The van der Waals surface area contributed by atoms with Crippen molar-refractivity contribution in [1.82, 2.24) is 14.9 Å². The largest absolute Gasteiger partial charge is 0.380 e. The topological polar surface area (TPSA) is 58.2 Å². The Bertz CT molecular complexity index is 901. The standard InChI is InChI=1S/C19H19N3O2/c1-24-12-16-10-20-9-15-11-22(7-5-17(15)16)19(23)14-2-3-18-13(8-14)4-6-21-18/h2-4,6,8-10,21H,5,7,11-12H2,1H3. The number of pyridine rings is 1. The lowest BCUT2D eigenvalue weighted by Gasteiger charge is -2.30. The molecule has 4 rings (SSSR count). The van der Waals surface area contributed by atoms with E-state index in [1.165, 1.54) is 5.56 Å². The van der Waals surface area contributed by atoms with Gasteiger partial charge in [0.05, 0.1) is 6.61 Å². The smallest absolute Gasteiger partial charge is 0.254 e. The maximum atomic E-state index is 12.9. The van der Waals surface area contributed by atoms with Gasteiger partial charge in [0.1, 0.15) is 0 Å². The van der Waals surface area contributed by atoms with Crippen LogP contribution in [0.25, 0.3) is 10.9 Å². The van der Waals surface area contributed by atoms with Gasteiger partial charge in [0, 0.05) is 55.3 Å². The quantitative estimate of drug-likeness (QED) is 0.807. The number of H-pyrrole nitrogens is 1. The number of amides is 1. The van der Waals surface area contributed by atoms with E-state index < -0.39 is 0 Å². The van der Waals surface area contributed by atoms with E-state index >= 15 is 0 Å². The van der Waals surface area contributed by atoms with Gasteiger partial charge in [-0.3, -0.25) is 9.78 Å². The number of aromatic nitrogens is 2. The number of nitrogens with zero attached hydrogens (tertiary/aromatic N) is 2. The van der Waals surface area contributed by atoms with Crippen LogP contribution >= 0.6 is 0 Å². The van der Waals surface area contributed by atoms with Crippen LogP contribution in [0.3, 0.4) is 0 Å². The van der Waals surface area contributed by atoms with Gasteiger partial charge in [0.15, 0.2) is 0 Å². The summed E-state index contributed by atoms with van der Waals surface area (Å²) < 4.78 is 5.25. The van der Waals surface area contributed by atoms with Gasteiger partial charge in [0.25, 0.3) is 5.91 Å². The van der Waals surface area contributed by atoms with Crippen molar-refractivity contribution in [3.63, 3.8) is 0 Å². The lowest BCUT2D eigenvalue weighted by molar-refractivity contribution is 0.0733. The molecule has 1 N–H and O–H groups in total. The van der Waals surface area contributed by atoms with E-state index in [-0.39, 0.29) is 5.91 Å². The van der Waals surface area contributed by atoms with Gasteiger partial charge in [-0.05, 0) is 47.4 Å². The number of ether oxygens (including phenoxy) is 1. The molecular formula is C19H19N3O2. The molecule has 1 aliphatic heterocycles. The number of fused-ring (bicyclic) bond motifs is 2. The third kappa shape index (κ3) is 2.57. The Balaban J connectivity index is 1.59. The maximum absolute atomic E-state index is 12.9. The average Bonchev–Trinajstić information content (AvgIpc) is 3.09. The molecule has 5 heteroatoms. The van der Waals surface area contributed by atoms with Gasteiger partial charge >= 0.3 is 0 Å². The third-order valence-electron chi connectivity index (χ3n) is 4.62. The SMILES string of the molecule is COCc1cncc2c1CCN(C(=O)c1ccc3[nH]ccc3c1)C2. The van der Waals surface area contributed by atoms with Crippen LogP contribution in [0.4, 0.5) is 0 Å². The van der Waals surface area contributed by atoms with Crippen molar-refractivity contribution in [2.45, 2.75) is 19.6 Å². The number of rotatable bonds is 3. The number of methoxy groups -OCH3 is 1. The number of aromatic amines is 1. The fraction of sp³-hybridized carbons (Fsp3) is 0.263. The monoisotopic (exact) mass is 321 g/mol. The fourth-order valence-electron chi connectivity index (χ4n) is 3.39. The lowest BCUT2D eigenvalue weighted by Crippen LogP contribution is -2.36. The molecule has 1 amide bonds. The van der Waals surface area contributed by atoms with E-state index in [1.807, 2.05) is 47.8 Å². The summed E-state index contributed by atoms with van der Waals surface area (Å²) in [6, 6.07) is 7.77. The summed E-state index contributed by atoms with van der Waals surface area (Å²) >= 11 is 0. The maximum Gasteiger partial charge on any atom is 0.254 e. The van der Waals surface area contributed by atoms with Crippen LogP contribution < -0.4 is 0 Å². The van der Waals surface area contributed by atoms with E-state index in [1.54, 1.807) is 7.11 Å². The Morgan fingerprint density at radius 2 is 2.25 bits per heavy atom. The van der Waals surface area contributed by atoms with Gasteiger partial charge in [-0.15, -0.1) is 0 Å². The molecule has 3 heterocycles. The average molecular weight is 321 g/mol. The molecule has 1 aliphatic rings. The Hall–Kier alpha value is -2.66. The second-order valence-electron chi connectivity index (χ2n) is 6.13. The lowest BCUT2D eigenvalue weighted by atomic mass is 9.97. The van der Waals surface area contributed by atoms with E-state index in [0.717, 1.165) is 40.6 Å². The van der Waals surface area contributed by atoms with Crippen molar-refractivity contribution >= 4 is 16.8 Å². The number of carbonyl (C=O) groups is 1. The van der Waals surface area contributed by atoms with Crippen LogP contribution in [-0.2, 0) is 24.3 Å². The highest BCUT2D eigenvalue weighted by Crippen LogP contribution is 2.24. The first-order chi connectivity index (χ1) is 11.8. The summed E-state index contributed by atoms with van der Waals surface area (Å²) in [6.07, 6.45) is 6.46. The van der Waals surface area contributed by atoms with Gasteiger partial charge in [-0.2, -0.15) is 0 Å². The molecule has 3 aromatic rings. The minimum absolute atomic E-state index is 0.0703. The second kappa shape index (κ2) is 6.09. The molecule has 0 bridgehead atoms. The van der Waals surface area contributed by atoms with Crippen LogP contribution in [0.2, 0.25) is 0 Å². The first kappa shape index (κ1) is 14.9. The van der Waals surface area contributed by atoms with Gasteiger partial charge in [-0.25, -0.2) is 0 Å². The van der Waals surface area contributed by atoms with Crippen molar-refractivity contribution in [1.29, 1.82) is 0 Å². The van der Waals surface area contributed by atoms with Crippen molar-refractivity contribution in [2.24, 2.45) is 0 Å². The van der Waals surface area contributed by atoms with Crippen LogP contribution in [0.5, 0.6) is 0 Å². The minimum Gasteiger partial charge on any atom is -0.380 e.